The molecule has 0 radical (unpaired) electrons. The summed E-state index contributed by atoms with van der Waals surface area (Å²) in [6.45, 7) is 0.182. The number of rotatable bonds is 6. The van der Waals surface area contributed by atoms with Crippen molar-refractivity contribution in [3.8, 4) is 0 Å². The molecule has 1 unspecified atom stereocenters. The molecule has 2 N–H and O–H groups in total. The van der Waals surface area contributed by atoms with Crippen molar-refractivity contribution in [1.29, 1.82) is 0 Å². The average molecular weight is 303 g/mol. The van der Waals surface area contributed by atoms with Crippen LogP contribution >= 0.6 is 0 Å². The summed E-state index contributed by atoms with van der Waals surface area (Å²) in [6, 6.07) is 15.2. The SMILES string of the molecule is O=C(NCc1ccccc1)OC(CCO)c1cccc(F)c1. The zero-order valence-corrected chi connectivity index (χ0v) is 12.0. The van der Waals surface area contributed by atoms with Crippen molar-refractivity contribution in [3.63, 3.8) is 0 Å². The molecular formula is C17H18FNO3. The summed E-state index contributed by atoms with van der Waals surface area (Å²) in [4.78, 5) is 11.9. The first-order chi connectivity index (χ1) is 10.7. The Labute approximate surface area is 128 Å². The maximum Gasteiger partial charge on any atom is 0.408 e. The summed E-state index contributed by atoms with van der Waals surface area (Å²) < 4.78 is 18.5. The van der Waals surface area contributed by atoms with Crippen LogP contribution in [-0.2, 0) is 11.3 Å². The summed E-state index contributed by atoms with van der Waals surface area (Å²) in [5.74, 6) is -0.409. The lowest BCUT2D eigenvalue weighted by Gasteiger charge is -2.18. The van der Waals surface area contributed by atoms with E-state index in [1.165, 1.54) is 12.1 Å². The molecule has 0 aromatic heterocycles. The summed E-state index contributed by atoms with van der Waals surface area (Å²) in [5.41, 5.74) is 1.47. The summed E-state index contributed by atoms with van der Waals surface area (Å²) in [6.07, 6.45) is -1.08. The van der Waals surface area contributed by atoms with E-state index in [9.17, 15) is 9.18 Å². The van der Waals surface area contributed by atoms with Crippen LogP contribution in [0.4, 0.5) is 9.18 Å². The van der Waals surface area contributed by atoms with Crippen molar-refractivity contribution in [1.82, 2.24) is 5.32 Å². The van der Waals surface area contributed by atoms with Crippen molar-refractivity contribution in [3.05, 3.63) is 71.5 Å². The first kappa shape index (κ1) is 16.0. The Morgan fingerprint density at radius 1 is 1.18 bits per heavy atom. The Kier molecular flexibility index (Phi) is 5.91. The highest BCUT2D eigenvalue weighted by Crippen LogP contribution is 2.21. The van der Waals surface area contributed by atoms with Crippen molar-refractivity contribution in [2.75, 3.05) is 6.61 Å². The largest absolute Gasteiger partial charge is 0.441 e. The van der Waals surface area contributed by atoms with Crippen LogP contribution < -0.4 is 5.32 Å². The molecule has 0 aliphatic heterocycles. The Morgan fingerprint density at radius 3 is 2.64 bits per heavy atom. The summed E-state index contributed by atoms with van der Waals surface area (Å²) in [5, 5.41) is 11.7. The van der Waals surface area contributed by atoms with Gasteiger partial charge in [-0.3, -0.25) is 0 Å². The van der Waals surface area contributed by atoms with Gasteiger partial charge in [0.15, 0.2) is 0 Å². The highest BCUT2D eigenvalue weighted by atomic mass is 19.1. The maximum absolute atomic E-state index is 13.3. The van der Waals surface area contributed by atoms with Gasteiger partial charge in [-0.1, -0.05) is 42.5 Å². The van der Waals surface area contributed by atoms with E-state index < -0.39 is 18.0 Å². The number of amides is 1. The number of ether oxygens (including phenoxy) is 1. The van der Waals surface area contributed by atoms with Crippen LogP contribution in [0, 0.1) is 5.82 Å². The molecule has 116 valence electrons. The molecule has 22 heavy (non-hydrogen) atoms. The first-order valence-corrected chi connectivity index (χ1v) is 7.04. The Balaban J connectivity index is 1.94. The number of carbonyl (C=O) groups excluding carboxylic acids is 1. The molecule has 0 aliphatic carbocycles. The van der Waals surface area contributed by atoms with Crippen molar-refractivity contribution in [2.45, 2.75) is 19.1 Å². The van der Waals surface area contributed by atoms with E-state index in [4.69, 9.17) is 9.84 Å². The molecule has 2 aromatic carbocycles. The number of aliphatic hydroxyl groups is 1. The van der Waals surface area contributed by atoms with E-state index >= 15 is 0 Å². The van der Waals surface area contributed by atoms with Gasteiger partial charge in [-0.15, -0.1) is 0 Å². The summed E-state index contributed by atoms with van der Waals surface area (Å²) in [7, 11) is 0. The molecule has 0 saturated heterocycles. The molecule has 4 nitrogen and oxygen atoms in total. The highest BCUT2D eigenvalue weighted by Gasteiger charge is 2.16. The van der Waals surface area contributed by atoms with Crippen LogP contribution in [0.1, 0.15) is 23.7 Å². The third-order valence-corrected chi connectivity index (χ3v) is 3.14. The Morgan fingerprint density at radius 2 is 1.95 bits per heavy atom. The molecule has 0 bridgehead atoms. The third-order valence-electron chi connectivity index (χ3n) is 3.14. The number of alkyl carbamates (subject to hydrolysis) is 1. The molecule has 0 fully saturated rings. The summed E-state index contributed by atoms with van der Waals surface area (Å²) >= 11 is 0. The minimum absolute atomic E-state index is 0.160. The molecule has 0 saturated carbocycles. The highest BCUT2D eigenvalue weighted by molar-refractivity contribution is 5.67. The zero-order valence-electron chi connectivity index (χ0n) is 12.0. The molecule has 1 atom stereocenters. The second-order valence-electron chi connectivity index (χ2n) is 4.80. The van der Waals surface area contributed by atoms with Gasteiger partial charge < -0.3 is 15.2 Å². The van der Waals surface area contributed by atoms with E-state index in [-0.39, 0.29) is 13.0 Å². The van der Waals surface area contributed by atoms with Gasteiger partial charge >= 0.3 is 6.09 Å². The van der Waals surface area contributed by atoms with Crippen LogP contribution in [0.3, 0.4) is 0 Å². The fourth-order valence-corrected chi connectivity index (χ4v) is 2.06. The number of aliphatic hydroxyl groups excluding tert-OH is 1. The average Bonchev–Trinajstić information content (AvgIpc) is 2.53. The number of carbonyl (C=O) groups is 1. The smallest absolute Gasteiger partial charge is 0.408 e. The van der Waals surface area contributed by atoms with Crippen LogP contribution in [0.15, 0.2) is 54.6 Å². The number of nitrogens with one attached hydrogen (secondary N) is 1. The van der Waals surface area contributed by atoms with E-state index in [1.54, 1.807) is 12.1 Å². The van der Waals surface area contributed by atoms with Gasteiger partial charge in [0.25, 0.3) is 0 Å². The fourth-order valence-electron chi connectivity index (χ4n) is 2.06. The minimum atomic E-state index is -0.684. The predicted octanol–water partition coefficient (Wildman–Crippen LogP) is 3.18. The monoisotopic (exact) mass is 303 g/mol. The molecule has 2 aromatic rings. The van der Waals surface area contributed by atoms with E-state index in [2.05, 4.69) is 5.32 Å². The number of hydrogen-bond donors (Lipinski definition) is 2. The number of hydrogen-bond acceptors (Lipinski definition) is 3. The molecule has 1 amide bonds. The second-order valence-corrected chi connectivity index (χ2v) is 4.80. The molecule has 0 aliphatic rings. The van der Waals surface area contributed by atoms with Gasteiger partial charge in [0.1, 0.15) is 11.9 Å². The lowest BCUT2D eigenvalue weighted by Crippen LogP contribution is -2.26. The van der Waals surface area contributed by atoms with Crippen LogP contribution in [-0.4, -0.2) is 17.8 Å². The Hall–Kier alpha value is -2.40. The van der Waals surface area contributed by atoms with Crippen molar-refractivity contribution in [2.24, 2.45) is 0 Å². The third kappa shape index (κ3) is 4.86. The van der Waals surface area contributed by atoms with Gasteiger partial charge in [-0.05, 0) is 23.3 Å². The van der Waals surface area contributed by atoms with E-state index in [0.717, 1.165) is 5.56 Å². The molecule has 0 heterocycles. The van der Waals surface area contributed by atoms with Crippen LogP contribution in [0.25, 0.3) is 0 Å². The van der Waals surface area contributed by atoms with E-state index in [0.29, 0.717) is 12.1 Å². The topological polar surface area (TPSA) is 58.6 Å². The molecule has 5 heteroatoms. The number of halogens is 1. The van der Waals surface area contributed by atoms with Crippen LogP contribution in [0.2, 0.25) is 0 Å². The Bertz CT molecular complexity index is 604. The van der Waals surface area contributed by atoms with Gasteiger partial charge in [-0.25, -0.2) is 9.18 Å². The lowest BCUT2D eigenvalue weighted by molar-refractivity contribution is 0.0796. The van der Waals surface area contributed by atoms with Gasteiger partial charge in [0.05, 0.1) is 0 Å². The van der Waals surface area contributed by atoms with Gasteiger partial charge in [0.2, 0.25) is 0 Å². The molecule has 2 rings (SSSR count). The second kappa shape index (κ2) is 8.14. The number of benzene rings is 2. The molecular weight excluding hydrogens is 285 g/mol. The van der Waals surface area contributed by atoms with E-state index in [1.807, 2.05) is 30.3 Å². The minimum Gasteiger partial charge on any atom is -0.441 e. The van der Waals surface area contributed by atoms with Crippen molar-refractivity contribution < 1.29 is 19.0 Å². The van der Waals surface area contributed by atoms with Gasteiger partial charge in [0, 0.05) is 19.6 Å². The first-order valence-electron chi connectivity index (χ1n) is 7.04. The maximum atomic E-state index is 13.3. The fraction of sp³-hybridized carbons (Fsp3) is 0.235. The van der Waals surface area contributed by atoms with Gasteiger partial charge in [-0.2, -0.15) is 0 Å². The van der Waals surface area contributed by atoms with Crippen LogP contribution in [0.5, 0.6) is 0 Å². The zero-order chi connectivity index (χ0) is 15.8. The quantitative estimate of drug-likeness (QED) is 0.861. The normalized spacial score (nSPS) is 11.7. The molecule has 0 spiro atoms. The lowest BCUT2D eigenvalue weighted by atomic mass is 10.1. The standard InChI is InChI=1S/C17H18FNO3/c18-15-8-4-7-14(11-15)16(9-10-20)22-17(21)19-12-13-5-2-1-3-6-13/h1-8,11,16,20H,9-10,12H2,(H,19,21). The van der Waals surface area contributed by atoms with Crippen molar-refractivity contribution >= 4 is 6.09 Å². The predicted molar refractivity (Wildman–Crippen MR) is 80.6 cm³/mol.